The van der Waals surface area contributed by atoms with E-state index in [4.69, 9.17) is 15.0 Å². The van der Waals surface area contributed by atoms with Crippen molar-refractivity contribution >= 4 is 39.1 Å². The van der Waals surface area contributed by atoms with Crippen molar-refractivity contribution in [1.82, 2.24) is 29.5 Å². The molecule has 1 aliphatic rings. The molecule has 1 aliphatic carbocycles. The Morgan fingerprint density at radius 3 is 2.35 bits per heavy atom. The van der Waals surface area contributed by atoms with Gasteiger partial charge in [-0.3, -0.25) is 9.97 Å². The molecule has 198 valence electrons. The number of hydrogen-bond acceptors (Lipinski definition) is 6. The van der Waals surface area contributed by atoms with Gasteiger partial charge in [0, 0.05) is 23.5 Å². The number of hydrogen-bond donors (Lipinski definition) is 1. The molecule has 0 radical (unpaired) electrons. The summed E-state index contributed by atoms with van der Waals surface area (Å²) in [5, 5.41) is 10.4. The number of imidazole rings is 1. The van der Waals surface area contributed by atoms with Gasteiger partial charge in [0.05, 0.1) is 44.4 Å². The zero-order valence-corrected chi connectivity index (χ0v) is 22.4. The largest absolute Gasteiger partial charge is 0.478 e. The fourth-order valence-electron chi connectivity index (χ4n) is 6.11. The third-order valence-electron chi connectivity index (χ3n) is 7.96. The van der Waals surface area contributed by atoms with Crippen LogP contribution in [0.2, 0.25) is 0 Å². The van der Waals surface area contributed by atoms with Gasteiger partial charge < -0.3 is 9.67 Å². The minimum absolute atomic E-state index is 0.217. The molecule has 1 fully saturated rings. The number of carboxylic acids is 1. The van der Waals surface area contributed by atoms with E-state index < -0.39 is 5.97 Å². The zero-order valence-electron chi connectivity index (χ0n) is 22.4. The standard InChI is InChI=1S/C32H28N6O2/c1-18-17-27-30(29(28(18)32(39)40)25-14-12-21-22(35-25)9-6-16-33-21)37-31(38(27)20-7-4-3-5-8-20)26-15-13-23-24(36-26)11-10-19(2)34-23/h6,9-17,20H,3-5,7-8H2,1-2H3,(H,39,40). The van der Waals surface area contributed by atoms with E-state index in [1.54, 1.807) is 6.20 Å². The average Bonchev–Trinajstić information content (AvgIpc) is 3.35. The maximum atomic E-state index is 12.7. The van der Waals surface area contributed by atoms with Gasteiger partial charge in [0.15, 0.2) is 5.82 Å². The molecule has 0 bridgehead atoms. The quantitative estimate of drug-likeness (QED) is 0.261. The number of aryl methyl sites for hydroxylation is 2. The van der Waals surface area contributed by atoms with Crippen LogP contribution >= 0.6 is 0 Å². The maximum absolute atomic E-state index is 12.7. The van der Waals surface area contributed by atoms with Crippen LogP contribution in [0.15, 0.2) is 60.8 Å². The monoisotopic (exact) mass is 528 g/mol. The Morgan fingerprint density at radius 1 is 0.825 bits per heavy atom. The lowest BCUT2D eigenvalue weighted by molar-refractivity contribution is 0.0697. The van der Waals surface area contributed by atoms with Crippen LogP contribution in [0.3, 0.4) is 0 Å². The maximum Gasteiger partial charge on any atom is 0.336 e. The summed E-state index contributed by atoms with van der Waals surface area (Å²) >= 11 is 0. The van der Waals surface area contributed by atoms with Crippen LogP contribution in [0.5, 0.6) is 0 Å². The first-order valence-electron chi connectivity index (χ1n) is 13.7. The molecular formula is C32H28N6O2. The lowest BCUT2D eigenvalue weighted by atomic mass is 9.94. The minimum Gasteiger partial charge on any atom is -0.478 e. The normalized spacial score (nSPS) is 14.3. The first kappa shape index (κ1) is 24.3. The molecule has 1 saturated carbocycles. The first-order valence-corrected chi connectivity index (χ1v) is 13.7. The second-order valence-electron chi connectivity index (χ2n) is 10.6. The molecule has 6 aromatic rings. The Morgan fingerprint density at radius 2 is 1.52 bits per heavy atom. The predicted octanol–water partition coefficient (Wildman–Crippen LogP) is 7.08. The van der Waals surface area contributed by atoms with Crippen molar-refractivity contribution in [1.29, 1.82) is 0 Å². The average molecular weight is 529 g/mol. The smallest absolute Gasteiger partial charge is 0.336 e. The Labute approximate surface area is 230 Å². The molecule has 1 aromatic carbocycles. The number of aromatic carboxylic acids is 1. The number of carboxylic acid groups (broad SMARTS) is 1. The topological polar surface area (TPSA) is 107 Å². The molecule has 8 nitrogen and oxygen atoms in total. The summed E-state index contributed by atoms with van der Waals surface area (Å²) in [7, 11) is 0. The van der Waals surface area contributed by atoms with Crippen LogP contribution in [0.25, 0.3) is 55.9 Å². The van der Waals surface area contributed by atoms with E-state index in [-0.39, 0.29) is 11.6 Å². The van der Waals surface area contributed by atoms with Gasteiger partial charge in [-0.1, -0.05) is 19.3 Å². The molecule has 1 N–H and O–H groups in total. The molecule has 5 aromatic heterocycles. The van der Waals surface area contributed by atoms with E-state index in [0.717, 1.165) is 65.0 Å². The molecule has 7 rings (SSSR count). The molecule has 0 spiro atoms. The summed E-state index contributed by atoms with van der Waals surface area (Å²) in [6, 6.07) is 17.6. The fraction of sp³-hybridized carbons (Fsp3) is 0.250. The number of benzene rings is 1. The predicted molar refractivity (Wildman–Crippen MR) is 155 cm³/mol. The molecule has 5 heterocycles. The number of fused-ring (bicyclic) bond motifs is 3. The first-order chi connectivity index (χ1) is 19.5. The zero-order chi connectivity index (χ0) is 27.4. The van der Waals surface area contributed by atoms with Gasteiger partial charge >= 0.3 is 5.97 Å². The van der Waals surface area contributed by atoms with E-state index in [1.807, 2.05) is 68.4 Å². The molecule has 0 aliphatic heterocycles. The molecule has 0 atom stereocenters. The number of pyridine rings is 4. The summed E-state index contributed by atoms with van der Waals surface area (Å²) in [6.07, 6.45) is 7.33. The third-order valence-corrected chi connectivity index (χ3v) is 7.96. The Hall–Kier alpha value is -4.72. The Kier molecular flexibility index (Phi) is 5.77. The number of aromatic nitrogens is 6. The van der Waals surface area contributed by atoms with Gasteiger partial charge in [-0.05, 0) is 86.8 Å². The molecule has 0 amide bonds. The highest BCUT2D eigenvalue weighted by molar-refractivity contribution is 6.07. The van der Waals surface area contributed by atoms with Crippen molar-refractivity contribution in [2.45, 2.75) is 52.0 Å². The van der Waals surface area contributed by atoms with Crippen molar-refractivity contribution in [2.75, 3.05) is 0 Å². The van der Waals surface area contributed by atoms with E-state index in [2.05, 4.69) is 14.5 Å². The molecule has 0 saturated heterocycles. The van der Waals surface area contributed by atoms with Crippen LogP contribution in [0.4, 0.5) is 0 Å². The summed E-state index contributed by atoms with van der Waals surface area (Å²) in [6.45, 7) is 3.83. The van der Waals surface area contributed by atoms with Crippen LogP contribution < -0.4 is 0 Å². The van der Waals surface area contributed by atoms with Gasteiger partial charge in [0.25, 0.3) is 0 Å². The molecular weight excluding hydrogens is 500 g/mol. The Bertz CT molecular complexity index is 1960. The van der Waals surface area contributed by atoms with Crippen LogP contribution in [0.1, 0.15) is 59.8 Å². The second-order valence-corrected chi connectivity index (χ2v) is 10.6. The van der Waals surface area contributed by atoms with Crippen molar-refractivity contribution in [3.63, 3.8) is 0 Å². The SMILES string of the molecule is Cc1ccc2nc(-c3nc4c(-c5ccc6ncccc6n5)c(C(=O)O)c(C)cc4n3C3CCCCC3)ccc2n1. The van der Waals surface area contributed by atoms with Gasteiger partial charge in [-0.15, -0.1) is 0 Å². The lowest BCUT2D eigenvalue weighted by Crippen LogP contribution is -2.14. The van der Waals surface area contributed by atoms with Gasteiger partial charge in [0.1, 0.15) is 5.69 Å². The van der Waals surface area contributed by atoms with Gasteiger partial charge in [-0.25, -0.2) is 19.7 Å². The summed E-state index contributed by atoms with van der Waals surface area (Å²) in [4.78, 5) is 36.7. The summed E-state index contributed by atoms with van der Waals surface area (Å²) in [5.41, 5.74) is 8.32. The van der Waals surface area contributed by atoms with E-state index in [1.165, 1.54) is 6.42 Å². The highest BCUT2D eigenvalue weighted by Gasteiger charge is 2.28. The van der Waals surface area contributed by atoms with Crippen molar-refractivity contribution in [3.8, 4) is 22.8 Å². The van der Waals surface area contributed by atoms with Crippen molar-refractivity contribution in [2.24, 2.45) is 0 Å². The van der Waals surface area contributed by atoms with Crippen molar-refractivity contribution < 1.29 is 9.90 Å². The molecule has 8 heteroatoms. The highest BCUT2D eigenvalue weighted by Crippen LogP contribution is 2.41. The third kappa shape index (κ3) is 3.99. The van der Waals surface area contributed by atoms with Crippen molar-refractivity contribution in [3.05, 3.63) is 77.6 Å². The number of rotatable bonds is 4. The lowest BCUT2D eigenvalue weighted by Gasteiger charge is -2.26. The number of carbonyl (C=O) groups is 1. The molecule has 40 heavy (non-hydrogen) atoms. The second kappa shape index (κ2) is 9.48. The molecule has 0 unspecified atom stereocenters. The van der Waals surface area contributed by atoms with Gasteiger partial charge in [0.2, 0.25) is 0 Å². The summed E-state index contributed by atoms with van der Waals surface area (Å²) < 4.78 is 2.30. The van der Waals surface area contributed by atoms with Crippen LogP contribution in [-0.2, 0) is 0 Å². The Balaban J connectivity index is 1.55. The van der Waals surface area contributed by atoms with Gasteiger partial charge in [-0.2, -0.15) is 0 Å². The highest BCUT2D eigenvalue weighted by atomic mass is 16.4. The van der Waals surface area contributed by atoms with Crippen LogP contribution in [0, 0.1) is 13.8 Å². The van der Waals surface area contributed by atoms with Crippen LogP contribution in [-0.4, -0.2) is 40.6 Å². The van der Waals surface area contributed by atoms with E-state index in [9.17, 15) is 9.90 Å². The summed E-state index contributed by atoms with van der Waals surface area (Å²) in [5.74, 6) is -0.253. The van der Waals surface area contributed by atoms with E-state index >= 15 is 0 Å². The minimum atomic E-state index is -0.999. The number of nitrogens with zero attached hydrogens (tertiary/aromatic N) is 6. The van der Waals surface area contributed by atoms with E-state index in [0.29, 0.717) is 27.9 Å². The fourth-order valence-corrected chi connectivity index (χ4v) is 6.11.